The number of nitrogens with zero attached hydrogens (tertiary/aromatic N) is 2. The minimum Gasteiger partial charge on any atom is -0.340 e. The summed E-state index contributed by atoms with van der Waals surface area (Å²) in [4.78, 5) is 18.4. The van der Waals surface area contributed by atoms with Gasteiger partial charge in [-0.1, -0.05) is 0 Å². The topological polar surface area (TPSA) is 45.2 Å². The van der Waals surface area contributed by atoms with Crippen molar-refractivity contribution in [1.29, 1.82) is 0 Å². The lowest BCUT2D eigenvalue weighted by atomic mass is 9.98. The van der Waals surface area contributed by atoms with Crippen LogP contribution in [-0.4, -0.2) is 35.9 Å². The summed E-state index contributed by atoms with van der Waals surface area (Å²) in [5.41, 5.74) is 0.993. The van der Waals surface area contributed by atoms with Crippen molar-refractivity contribution in [3.63, 3.8) is 0 Å². The Bertz CT molecular complexity index is 385. The van der Waals surface area contributed by atoms with Gasteiger partial charge in [-0.15, -0.1) is 11.3 Å². The van der Waals surface area contributed by atoms with E-state index in [4.69, 9.17) is 0 Å². The van der Waals surface area contributed by atoms with Gasteiger partial charge >= 0.3 is 0 Å². The Morgan fingerprint density at radius 1 is 1.71 bits per heavy atom. The molecular formula is C12H19N3OS. The highest BCUT2D eigenvalue weighted by Gasteiger charge is 2.24. The van der Waals surface area contributed by atoms with Crippen LogP contribution in [0.15, 0.2) is 5.38 Å². The lowest BCUT2D eigenvalue weighted by Crippen LogP contribution is -2.41. The first-order chi connectivity index (χ1) is 8.16. The van der Waals surface area contributed by atoms with Gasteiger partial charge in [0.1, 0.15) is 0 Å². The molecule has 1 N–H and O–H groups in total. The first-order valence-electron chi connectivity index (χ1n) is 6.03. The summed E-state index contributed by atoms with van der Waals surface area (Å²) in [5, 5.41) is 6.36. The zero-order valence-corrected chi connectivity index (χ0v) is 11.2. The molecule has 0 aliphatic carbocycles. The molecule has 1 atom stereocenters. The van der Waals surface area contributed by atoms with Crippen LogP contribution in [0.3, 0.4) is 0 Å². The number of aromatic nitrogens is 1. The molecule has 0 radical (unpaired) electrons. The minimum atomic E-state index is 0.147. The van der Waals surface area contributed by atoms with Crippen molar-refractivity contribution in [3.8, 4) is 0 Å². The van der Waals surface area contributed by atoms with Crippen LogP contribution in [0.5, 0.6) is 0 Å². The molecule has 2 rings (SSSR count). The fourth-order valence-electron chi connectivity index (χ4n) is 2.18. The van der Waals surface area contributed by atoms with E-state index >= 15 is 0 Å². The molecule has 1 aromatic rings. The van der Waals surface area contributed by atoms with E-state index in [1.54, 1.807) is 16.2 Å². The largest absolute Gasteiger partial charge is 0.340 e. The van der Waals surface area contributed by atoms with Gasteiger partial charge in [0.25, 0.3) is 0 Å². The molecule has 17 heavy (non-hydrogen) atoms. The van der Waals surface area contributed by atoms with Crippen molar-refractivity contribution >= 4 is 17.2 Å². The first kappa shape index (κ1) is 12.5. The van der Waals surface area contributed by atoms with Crippen molar-refractivity contribution < 1.29 is 4.79 Å². The average Bonchev–Trinajstić information content (AvgIpc) is 2.75. The highest BCUT2D eigenvalue weighted by Crippen LogP contribution is 2.15. The molecule has 1 fully saturated rings. The second kappa shape index (κ2) is 5.60. The molecule has 0 saturated carbocycles. The number of hydrogen-bond donors (Lipinski definition) is 1. The van der Waals surface area contributed by atoms with Crippen molar-refractivity contribution in [2.45, 2.75) is 26.3 Å². The summed E-state index contributed by atoms with van der Waals surface area (Å²) >= 11 is 1.63. The zero-order chi connectivity index (χ0) is 12.3. The molecule has 0 spiro atoms. The van der Waals surface area contributed by atoms with Gasteiger partial charge in [0.05, 0.1) is 23.2 Å². The maximum Gasteiger partial charge on any atom is 0.227 e. The summed E-state index contributed by atoms with van der Waals surface area (Å²) in [6, 6.07) is 0. The Morgan fingerprint density at radius 3 is 3.12 bits per heavy atom. The highest BCUT2D eigenvalue weighted by molar-refractivity contribution is 7.09. The molecule has 1 unspecified atom stereocenters. The molecule has 5 heteroatoms. The van der Waals surface area contributed by atoms with Gasteiger partial charge in [0, 0.05) is 19.0 Å². The Balaban J connectivity index is 1.90. The molecule has 94 valence electrons. The van der Waals surface area contributed by atoms with Crippen molar-refractivity contribution in [2.75, 3.05) is 20.1 Å². The number of thiazole rings is 1. The van der Waals surface area contributed by atoms with Crippen LogP contribution in [0.1, 0.15) is 23.5 Å². The van der Waals surface area contributed by atoms with E-state index in [0.717, 1.165) is 36.6 Å². The summed E-state index contributed by atoms with van der Waals surface area (Å²) in [7, 11) is 1.87. The van der Waals surface area contributed by atoms with Crippen LogP contribution in [0, 0.1) is 12.8 Å². The summed E-state index contributed by atoms with van der Waals surface area (Å²) < 4.78 is 0. The predicted octanol–water partition coefficient (Wildman–Crippen LogP) is 1.41. The van der Waals surface area contributed by atoms with E-state index in [1.165, 1.54) is 0 Å². The SMILES string of the molecule is Cc1nc(CN(C)C(=O)C2CCCNC2)cs1. The molecule has 2 heterocycles. The number of amides is 1. The Morgan fingerprint density at radius 2 is 2.53 bits per heavy atom. The highest BCUT2D eigenvalue weighted by atomic mass is 32.1. The third-order valence-corrected chi connectivity index (χ3v) is 3.91. The molecule has 0 bridgehead atoms. The number of rotatable bonds is 3. The maximum absolute atomic E-state index is 12.2. The van der Waals surface area contributed by atoms with E-state index in [0.29, 0.717) is 6.54 Å². The molecule has 1 amide bonds. The number of carbonyl (C=O) groups is 1. The monoisotopic (exact) mass is 253 g/mol. The molecule has 0 aromatic carbocycles. The zero-order valence-electron chi connectivity index (χ0n) is 10.4. The third kappa shape index (κ3) is 3.26. The Labute approximate surface area is 106 Å². The smallest absolute Gasteiger partial charge is 0.227 e. The van der Waals surface area contributed by atoms with Crippen molar-refractivity contribution in [3.05, 3.63) is 16.1 Å². The number of piperidine rings is 1. The van der Waals surface area contributed by atoms with Crippen LogP contribution >= 0.6 is 11.3 Å². The van der Waals surface area contributed by atoms with Crippen LogP contribution in [-0.2, 0) is 11.3 Å². The van der Waals surface area contributed by atoms with E-state index in [9.17, 15) is 4.79 Å². The van der Waals surface area contributed by atoms with Crippen LogP contribution < -0.4 is 5.32 Å². The predicted molar refractivity (Wildman–Crippen MR) is 68.9 cm³/mol. The van der Waals surface area contributed by atoms with E-state index < -0.39 is 0 Å². The average molecular weight is 253 g/mol. The maximum atomic E-state index is 12.2. The summed E-state index contributed by atoms with van der Waals surface area (Å²) in [6.07, 6.45) is 2.10. The van der Waals surface area contributed by atoms with Gasteiger partial charge in [-0.25, -0.2) is 4.98 Å². The normalized spacial score (nSPS) is 20.2. The lowest BCUT2D eigenvalue weighted by Gasteiger charge is -2.26. The third-order valence-electron chi connectivity index (χ3n) is 3.09. The fourth-order valence-corrected chi connectivity index (χ4v) is 2.78. The lowest BCUT2D eigenvalue weighted by molar-refractivity contribution is -0.135. The summed E-state index contributed by atoms with van der Waals surface area (Å²) in [6.45, 7) is 4.47. The second-order valence-electron chi connectivity index (χ2n) is 4.60. The molecule has 1 saturated heterocycles. The fraction of sp³-hybridized carbons (Fsp3) is 0.667. The van der Waals surface area contributed by atoms with Crippen LogP contribution in [0.25, 0.3) is 0 Å². The van der Waals surface area contributed by atoms with E-state index in [2.05, 4.69) is 10.3 Å². The second-order valence-corrected chi connectivity index (χ2v) is 5.66. The number of aryl methyl sites for hydroxylation is 1. The van der Waals surface area contributed by atoms with Crippen molar-refractivity contribution in [2.24, 2.45) is 5.92 Å². The molecular weight excluding hydrogens is 234 g/mol. The van der Waals surface area contributed by atoms with E-state index in [1.807, 2.05) is 19.4 Å². The molecule has 1 aliphatic heterocycles. The number of carbonyl (C=O) groups excluding carboxylic acids is 1. The van der Waals surface area contributed by atoms with Crippen molar-refractivity contribution in [1.82, 2.24) is 15.2 Å². The minimum absolute atomic E-state index is 0.147. The number of hydrogen-bond acceptors (Lipinski definition) is 4. The molecule has 1 aliphatic rings. The molecule has 1 aromatic heterocycles. The quantitative estimate of drug-likeness (QED) is 0.886. The van der Waals surface area contributed by atoms with Gasteiger partial charge in [-0.3, -0.25) is 4.79 Å². The first-order valence-corrected chi connectivity index (χ1v) is 6.91. The van der Waals surface area contributed by atoms with Crippen LogP contribution in [0.2, 0.25) is 0 Å². The standard InChI is InChI=1S/C12H19N3OS/c1-9-14-11(8-17-9)7-15(2)12(16)10-4-3-5-13-6-10/h8,10,13H,3-7H2,1-2H3. The van der Waals surface area contributed by atoms with Gasteiger partial charge in [0.15, 0.2) is 0 Å². The van der Waals surface area contributed by atoms with Gasteiger partial charge in [0.2, 0.25) is 5.91 Å². The van der Waals surface area contributed by atoms with Gasteiger partial charge in [-0.2, -0.15) is 0 Å². The summed E-state index contributed by atoms with van der Waals surface area (Å²) in [5.74, 6) is 0.385. The van der Waals surface area contributed by atoms with E-state index in [-0.39, 0.29) is 11.8 Å². The van der Waals surface area contributed by atoms with Crippen LogP contribution in [0.4, 0.5) is 0 Å². The van der Waals surface area contributed by atoms with Gasteiger partial charge in [-0.05, 0) is 26.3 Å². The Hall–Kier alpha value is -0.940. The molecule has 4 nitrogen and oxygen atoms in total. The Kier molecular flexibility index (Phi) is 4.12. The van der Waals surface area contributed by atoms with Gasteiger partial charge < -0.3 is 10.2 Å². The number of nitrogens with one attached hydrogen (secondary N) is 1.